The summed E-state index contributed by atoms with van der Waals surface area (Å²) in [5.41, 5.74) is 0. The summed E-state index contributed by atoms with van der Waals surface area (Å²) < 4.78 is 0. The zero-order valence-corrected chi connectivity index (χ0v) is 11.0. The van der Waals surface area contributed by atoms with Crippen LogP contribution in [0.15, 0.2) is 6.07 Å². The quantitative estimate of drug-likeness (QED) is 0.789. The molecule has 0 aromatic carbocycles. The van der Waals surface area contributed by atoms with Crippen molar-refractivity contribution in [2.45, 2.75) is 26.7 Å². The van der Waals surface area contributed by atoms with Gasteiger partial charge in [0.05, 0.1) is 6.54 Å². The van der Waals surface area contributed by atoms with Crippen LogP contribution in [0, 0.1) is 0 Å². The Hall–Kier alpha value is -1.36. The van der Waals surface area contributed by atoms with Crippen molar-refractivity contribution in [2.24, 2.45) is 0 Å². The number of rotatable bonds is 5. The fourth-order valence-corrected chi connectivity index (χ4v) is 1.40. The maximum atomic E-state index is 11.3. The summed E-state index contributed by atoms with van der Waals surface area (Å²) in [5, 5.41) is 5.98. The Labute approximate surface area is 106 Å². The van der Waals surface area contributed by atoms with Crippen molar-refractivity contribution >= 4 is 23.3 Å². The number of aromatic nitrogens is 2. The predicted molar refractivity (Wildman–Crippen MR) is 68.3 cm³/mol. The first-order valence-electron chi connectivity index (χ1n) is 5.58. The van der Waals surface area contributed by atoms with Gasteiger partial charge in [-0.1, -0.05) is 25.4 Å². The predicted octanol–water partition coefficient (Wildman–Crippen LogP) is 1.80. The van der Waals surface area contributed by atoms with E-state index < -0.39 is 0 Å². The molecule has 0 bridgehead atoms. The highest BCUT2D eigenvalue weighted by atomic mass is 35.5. The Morgan fingerprint density at radius 2 is 2.18 bits per heavy atom. The van der Waals surface area contributed by atoms with Gasteiger partial charge >= 0.3 is 0 Å². The highest BCUT2D eigenvalue weighted by molar-refractivity contribution is 6.29. The van der Waals surface area contributed by atoms with Crippen molar-refractivity contribution in [3.8, 4) is 0 Å². The van der Waals surface area contributed by atoms with Gasteiger partial charge in [-0.25, -0.2) is 9.97 Å². The third kappa shape index (κ3) is 4.56. The Bertz CT molecular complexity index is 395. The largest absolute Gasteiger partial charge is 0.361 e. The first-order valence-corrected chi connectivity index (χ1v) is 5.95. The number of hydrogen-bond acceptors (Lipinski definition) is 4. The maximum absolute atomic E-state index is 11.3. The second-order valence-corrected chi connectivity index (χ2v) is 4.28. The van der Waals surface area contributed by atoms with Crippen molar-refractivity contribution in [2.75, 3.05) is 18.4 Å². The molecule has 17 heavy (non-hydrogen) atoms. The van der Waals surface area contributed by atoms with E-state index in [2.05, 4.69) is 20.6 Å². The summed E-state index contributed by atoms with van der Waals surface area (Å²) in [6.07, 6.45) is 0. The number of nitrogens with one attached hydrogen (secondary N) is 2. The Balaban J connectivity index is 2.68. The van der Waals surface area contributed by atoms with E-state index >= 15 is 0 Å². The SMILES string of the molecule is CCNC(=O)CNc1cc(Cl)nc(C(C)C)n1. The molecule has 6 heteroatoms. The third-order valence-corrected chi connectivity index (χ3v) is 2.23. The standard InChI is InChI=1S/C11H17ClN4O/c1-4-13-10(17)6-14-9-5-8(12)15-11(16-9)7(2)3/h5,7H,4,6H2,1-3H3,(H,13,17)(H,14,15,16). The van der Waals surface area contributed by atoms with Gasteiger partial charge in [-0.15, -0.1) is 0 Å². The first kappa shape index (κ1) is 13.7. The van der Waals surface area contributed by atoms with Crippen LogP contribution in [0.2, 0.25) is 5.15 Å². The van der Waals surface area contributed by atoms with E-state index in [1.54, 1.807) is 6.07 Å². The van der Waals surface area contributed by atoms with Gasteiger partial charge in [0.15, 0.2) is 0 Å². The molecular formula is C11H17ClN4O. The Kier molecular flexibility index (Phi) is 5.15. The second-order valence-electron chi connectivity index (χ2n) is 3.90. The van der Waals surface area contributed by atoms with Crippen LogP contribution in [0.25, 0.3) is 0 Å². The van der Waals surface area contributed by atoms with Crippen molar-refractivity contribution < 1.29 is 4.79 Å². The summed E-state index contributed by atoms with van der Waals surface area (Å²) in [7, 11) is 0. The van der Waals surface area contributed by atoms with Crippen LogP contribution in [0.5, 0.6) is 0 Å². The number of carbonyl (C=O) groups is 1. The minimum atomic E-state index is -0.0756. The van der Waals surface area contributed by atoms with Crippen molar-refractivity contribution in [1.29, 1.82) is 0 Å². The smallest absolute Gasteiger partial charge is 0.239 e. The Morgan fingerprint density at radius 3 is 2.76 bits per heavy atom. The van der Waals surface area contributed by atoms with Gasteiger partial charge in [0.25, 0.3) is 0 Å². The van der Waals surface area contributed by atoms with Crippen LogP contribution in [0.4, 0.5) is 5.82 Å². The van der Waals surface area contributed by atoms with E-state index in [9.17, 15) is 4.79 Å². The number of halogens is 1. The van der Waals surface area contributed by atoms with E-state index in [4.69, 9.17) is 11.6 Å². The summed E-state index contributed by atoms with van der Waals surface area (Å²) in [5.74, 6) is 1.35. The topological polar surface area (TPSA) is 66.9 Å². The van der Waals surface area contributed by atoms with Crippen molar-refractivity contribution in [3.05, 3.63) is 17.0 Å². The van der Waals surface area contributed by atoms with Gasteiger partial charge in [0.2, 0.25) is 5.91 Å². The van der Waals surface area contributed by atoms with Crippen LogP contribution in [-0.4, -0.2) is 29.0 Å². The molecule has 1 rings (SSSR count). The zero-order valence-electron chi connectivity index (χ0n) is 10.2. The molecule has 0 aliphatic carbocycles. The van der Waals surface area contributed by atoms with E-state index in [0.717, 1.165) is 0 Å². The molecule has 1 aromatic rings. The number of amides is 1. The van der Waals surface area contributed by atoms with Crippen LogP contribution in [0.1, 0.15) is 32.5 Å². The van der Waals surface area contributed by atoms with Crippen LogP contribution < -0.4 is 10.6 Å². The first-order chi connectivity index (χ1) is 8.02. The lowest BCUT2D eigenvalue weighted by atomic mass is 10.2. The van der Waals surface area contributed by atoms with Gasteiger partial charge < -0.3 is 10.6 Å². The maximum Gasteiger partial charge on any atom is 0.239 e. The molecule has 5 nitrogen and oxygen atoms in total. The molecule has 0 atom stereocenters. The van der Waals surface area contributed by atoms with Crippen LogP contribution in [0.3, 0.4) is 0 Å². The van der Waals surface area contributed by atoms with Gasteiger partial charge in [0, 0.05) is 18.5 Å². The van der Waals surface area contributed by atoms with E-state index in [1.165, 1.54) is 0 Å². The van der Waals surface area contributed by atoms with E-state index in [1.807, 2.05) is 20.8 Å². The lowest BCUT2D eigenvalue weighted by Gasteiger charge is -2.09. The average molecular weight is 257 g/mol. The highest BCUT2D eigenvalue weighted by Crippen LogP contribution is 2.16. The minimum Gasteiger partial charge on any atom is -0.361 e. The normalized spacial score (nSPS) is 10.4. The van der Waals surface area contributed by atoms with Gasteiger partial charge in [-0.05, 0) is 6.92 Å². The number of carbonyl (C=O) groups excluding carboxylic acids is 1. The van der Waals surface area contributed by atoms with E-state index in [0.29, 0.717) is 23.3 Å². The zero-order chi connectivity index (χ0) is 12.8. The monoisotopic (exact) mass is 256 g/mol. The minimum absolute atomic E-state index is 0.0756. The molecular weight excluding hydrogens is 240 g/mol. The lowest BCUT2D eigenvalue weighted by Crippen LogP contribution is -2.29. The fraction of sp³-hybridized carbons (Fsp3) is 0.545. The number of nitrogens with zero attached hydrogens (tertiary/aromatic N) is 2. The summed E-state index contributed by atoms with van der Waals surface area (Å²) >= 11 is 5.88. The van der Waals surface area contributed by atoms with Gasteiger partial charge in [0.1, 0.15) is 16.8 Å². The summed E-state index contributed by atoms with van der Waals surface area (Å²) in [6, 6.07) is 1.60. The molecule has 0 unspecified atom stereocenters. The van der Waals surface area contributed by atoms with E-state index in [-0.39, 0.29) is 18.4 Å². The lowest BCUT2D eigenvalue weighted by molar-refractivity contribution is -0.119. The molecule has 0 radical (unpaired) electrons. The van der Waals surface area contributed by atoms with Crippen LogP contribution in [-0.2, 0) is 4.79 Å². The molecule has 2 N–H and O–H groups in total. The summed E-state index contributed by atoms with van der Waals surface area (Å²) in [4.78, 5) is 19.7. The summed E-state index contributed by atoms with van der Waals surface area (Å²) in [6.45, 7) is 6.63. The molecule has 1 aromatic heterocycles. The molecule has 94 valence electrons. The average Bonchev–Trinajstić information content (AvgIpc) is 2.26. The molecule has 0 aliphatic rings. The highest BCUT2D eigenvalue weighted by Gasteiger charge is 2.07. The van der Waals surface area contributed by atoms with Crippen molar-refractivity contribution in [1.82, 2.24) is 15.3 Å². The number of anilines is 1. The third-order valence-electron chi connectivity index (χ3n) is 2.03. The van der Waals surface area contributed by atoms with Gasteiger partial charge in [-0.3, -0.25) is 4.79 Å². The number of hydrogen-bond donors (Lipinski definition) is 2. The molecule has 0 saturated carbocycles. The molecule has 0 fully saturated rings. The van der Waals surface area contributed by atoms with Gasteiger partial charge in [-0.2, -0.15) is 0 Å². The van der Waals surface area contributed by atoms with Crippen LogP contribution >= 0.6 is 11.6 Å². The molecule has 0 spiro atoms. The molecule has 0 saturated heterocycles. The molecule has 0 aliphatic heterocycles. The number of likely N-dealkylation sites (N-methyl/N-ethyl adjacent to an activating group) is 1. The molecule has 1 heterocycles. The van der Waals surface area contributed by atoms with Crippen molar-refractivity contribution in [3.63, 3.8) is 0 Å². The fourth-order valence-electron chi connectivity index (χ4n) is 1.21. The Morgan fingerprint density at radius 1 is 1.47 bits per heavy atom. The second kappa shape index (κ2) is 6.39. The molecule has 1 amide bonds.